The summed E-state index contributed by atoms with van der Waals surface area (Å²) in [7, 11) is 1.58. The normalized spacial score (nSPS) is 11.7. The number of carbonyl (C=O) groups excluding carboxylic acids is 1. The van der Waals surface area contributed by atoms with Crippen LogP contribution in [0, 0.1) is 10.1 Å². The van der Waals surface area contributed by atoms with E-state index in [4.69, 9.17) is 14.0 Å². The van der Waals surface area contributed by atoms with Gasteiger partial charge in [-0.25, -0.2) is 0 Å². The molecule has 2 aromatic carbocycles. The van der Waals surface area contributed by atoms with Gasteiger partial charge < -0.3 is 14.0 Å². The number of non-ortho nitro benzene ring substituents is 1. The molecule has 9 nitrogen and oxygen atoms in total. The van der Waals surface area contributed by atoms with Crippen molar-refractivity contribution in [3.8, 4) is 17.2 Å². The number of benzene rings is 2. The van der Waals surface area contributed by atoms with Crippen molar-refractivity contribution in [1.82, 2.24) is 10.1 Å². The minimum atomic E-state index is -0.510. The molecule has 150 valence electrons. The molecule has 1 atom stereocenters. The maximum Gasteiger partial charge on any atom is 0.319 e. The fourth-order valence-electron chi connectivity index (χ4n) is 2.32. The highest BCUT2D eigenvalue weighted by molar-refractivity contribution is 8.00. The molecule has 0 radical (unpaired) electrons. The molecule has 1 aromatic heterocycles. The summed E-state index contributed by atoms with van der Waals surface area (Å²) in [5, 5.41) is 14.0. The van der Waals surface area contributed by atoms with Gasteiger partial charge in [0.05, 0.1) is 12.0 Å². The molecule has 0 fully saturated rings. The minimum Gasteiger partial charge on any atom is -0.497 e. The van der Waals surface area contributed by atoms with Gasteiger partial charge in [-0.2, -0.15) is 4.98 Å². The second-order valence-electron chi connectivity index (χ2n) is 5.86. The van der Waals surface area contributed by atoms with Crippen molar-refractivity contribution in [1.29, 1.82) is 0 Å². The molecule has 29 heavy (non-hydrogen) atoms. The van der Waals surface area contributed by atoms with Gasteiger partial charge in [-0.3, -0.25) is 14.9 Å². The molecule has 0 bridgehead atoms. The summed E-state index contributed by atoms with van der Waals surface area (Å²) >= 11 is 1.24. The molecular weight excluding hydrogens is 398 g/mol. The van der Waals surface area contributed by atoms with Crippen molar-refractivity contribution in [2.75, 3.05) is 7.11 Å². The Hall–Kier alpha value is -3.40. The predicted molar refractivity (Wildman–Crippen MR) is 104 cm³/mol. The average molecular weight is 415 g/mol. The van der Waals surface area contributed by atoms with E-state index in [0.717, 1.165) is 10.5 Å². The topological polar surface area (TPSA) is 118 Å². The molecule has 0 aliphatic carbocycles. The first-order valence-corrected chi connectivity index (χ1v) is 9.39. The Morgan fingerprint density at radius 2 is 1.90 bits per heavy atom. The Balaban J connectivity index is 1.53. The molecule has 3 aromatic rings. The van der Waals surface area contributed by atoms with Crippen LogP contribution in [0.2, 0.25) is 0 Å². The molecule has 10 heteroatoms. The Morgan fingerprint density at radius 3 is 2.52 bits per heavy atom. The standard InChI is InChI=1S/C19H17N3O6S/c1-12(29-16-9-5-14(6-10-16)22(24)25)19(23)27-11-17-20-18(28-21-17)13-3-7-15(26-2)8-4-13/h3-10,12H,11H2,1-2H3. The Labute approximate surface area is 170 Å². The van der Waals surface area contributed by atoms with E-state index in [2.05, 4.69) is 10.1 Å². The molecule has 3 rings (SSSR count). The van der Waals surface area contributed by atoms with Crippen LogP contribution in [-0.4, -0.2) is 33.4 Å². The van der Waals surface area contributed by atoms with Crippen LogP contribution in [0.3, 0.4) is 0 Å². The highest BCUT2D eigenvalue weighted by Gasteiger charge is 2.18. The van der Waals surface area contributed by atoms with Crippen molar-refractivity contribution in [2.45, 2.75) is 23.7 Å². The largest absolute Gasteiger partial charge is 0.497 e. The highest BCUT2D eigenvalue weighted by Crippen LogP contribution is 2.26. The summed E-state index contributed by atoms with van der Waals surface area (Å²) in [6.07, 6.45) is 0. The van der Waals surface area contributed by atoms with E-state index < -0.39 is 16.1 Å². The van der Waals surface area contributed by atoms with Crippen LogP contribution in [0.4, 0.5) is 5.69 Å². The zero-order valence-corrected chi connectivity index (χ0v) is 16.4. The number of nitro groups is 1. The number of thioether (sulfide) groups is 1. The predicted octanol–water partition coefficient (Wildman–Crippen LogP) is 3.88. The van der Waals surface area contributed by atoms with E-state index in [1.807, 2.05) is 0 Å². The first-order valence-electron chi connectivity index (χ1n) is 8.51. The average Bonchev–Trinajstić information content (AvgIpc) is 3.21. The Bertz CT molecular complexity index is 988. The van der Waals surface area contributed by atoms with Gasteiger partial charge in [0, 0.05) is 22.6 Å². The fourth-order valence-corrected chi connectivity index (χ4v) is 3.18. The van der Waals surface area contributed by atoms with Gasteiger partial charge in [0.2, 0.25) is 5.82 Å². The lowest BCUT2D eigenvalue weighted by Crippen LogP contribution is -2.17. The van der Waals surface area contributed by atoms with Crippen LogP contribution in [-0.2, 0) is 16.1 Å². The van der Waals surface area contributed by atoms with E-state index in [9.17, 15) is 14.9 Å². The first-order chi connectivity index (χ1) is 14.0. The van der Waals surface area contributed by atoms with Crippen molar-refractivity contribution >= 4 is 23.4 Å². The van der Waals surface area contributed by atoms with Crippen LogP contribution in [0.25, 0.3) is 11.5 Å². The van der Waals surface area contributed by atoms with Gasteiger partial charge in [0.1, 0.15) is 11.0 Å². The van der Waals surface area contributed by atoms with Gasteiger partial charge in [-0.1, -0.05) is 5.16 Å². The number of hydrogen-bond acceptors (Lipinski definition) is 9. The lowest BCUT2D eigenvalue weighted by molar-refractivity contribution is -0.384. The fraction of sp³-hybridized carbons (Fsp3) is 0.211. The number of nitrogens with zero attached hydrogens (tertiary/aromatic N) is 3. The molecule has 0 aliphatic heterocycles. The number of nitro benzene ring substituents is 1. The van der Waals surface area contributed by atoms with Gasteiger partial charge >= 0.3 is 5.97 Å². The molecule has 0 saturated heterocycles. The van der Waals surface area contributed by atoms with E-state index in [1.165, 1.54) is 23.9 Å². The monoisotopic (exact) mass is 415 g/mol. The Morgan fingerprint density at radius 1 is 1.21 bits per heavy atom. The number of ether oxygens (including phenoxy) is 2. The minimum absolute atomic E-state index is 0.00523. The third-order valence-electron chi connectivity index (χ3n) is 3.84. The van der Waals surface area contributed by atoms with Crippen molar-refractivity contribution in [3.05, 3.63) is 64.5 Å². The third kappa shape index (κ3) is 5.32. The third-order valence-corrected chi connectivity index (χ3v) is 4.93. The molecule has 1 unspecified atom stereocenters. The van der Waals surface area contributed by atoms with Crippen molar-refractivity contribution in [2.24, 2.45) is 0 Å². The van der Waals surface area contributed by atoms with E-state index >= 15 is 0 Å². The lowest BCUT2D eigenvalue weighted by Gasteiger charge is -2.10. The van der Waals surface area contributed by atoms with Gasteiger partial charge in [0.15, 0.2) is 6.61 Å². The number of aromatic nitrogens is 2. The van der Waals surface area contributed by atoms with Crippen LogP contribution >= 0.6 is 11.8 Å². The summed E-state index contributed by atoms with van der Waals surface area (Å²) in [6, 6.07) is 13.1. The number of carbonyl (C=O) groups is 1. The van der Waals surface area contributed by atoms with Crippen LogP contribution in [0.5, 0.6) is 5.75 Å². The number of hydrogen-bond donors (Lipinski definition) is 0. The highest BCUT2D eigenvalue weighted by atomic mass is 32.2. The zero-order valence-electron chi connectivity index (χ0n) is 15.6. The summed E-state index contributed by atoms with van der Waals surface area (Å²) in [4.78, 5) is 27.3. The summed E-state index contributed by atoms with van der Waals surface area (Å²) in [5.41, 5.74) is 0.715. The molecular formula is C19H17N3O6S. The Kier molecular flexibility index (Phi) is 6.45. The van der Waals surface area contributed by atoms with Crippen molar-refractivity contribution < 1.29 is 23.7 Å². The number of esters is 1. The van der Waals surface area contributed by atoms with E-state index in [-0.39, 0.29) is 18.1 Å². The maximum absolute atomic E-state index is 12.2. The van der Waals surface area contributed by atoms with Gasteiger partial charge in [-0.05, 0) is 43.3 Å². The molecule has 0 N–H and O–H groups in total. The molecule has 1 heterocycles. The molecule has 0 spiro atoms. The summed E-state index contributed by atoms with van der Waals surface area (Å²) in [6.45, 7) is 1.57. The smallest absolute Gasteiger partial charge is 0.319 e. The van der Waals surface area contributed by atoms with Crippen LogP contribution < -0.4 is 4.74 Å². The molecule has 0 amide bonds. The van der Waals surface area contributed by atoms with Gasteiger partial charge in [-0.15, -0.1) is 11.8 Å². The van der Waals surface area contributed by atoms with Gasteiger partial charge in [0.25, 0.3) is 11.6 Å². The second kappa shape index (κ2) is 9.20. The van der Waals surface area contributed by atoms with E-state index in [1.54, 1.807) is 50.4 Å². The lowest BCUT2D eigenvalue weighted by atomic mass is 10.2. The molecule has 0 aliphatic rings. The van der Waals surface area contributed by atoms with E-state index in [0.29, 0.717) is 11.6 Å². The zero-order chi connectivity index (χ0) is 20.8. The van der Waals surface area contributed by atoms with Crippen molar-refractivity contribution in [3.63, 3.8) is 0 Å². The van der Waals surface area contributed by atoms with Crippen LogP contribution in [0.15, 0.2) is 57.9 Å². The quantitative estimate of drug-likeness (QED) is 0.234. The summed E-state index contributed by atoms with van der Waals surface area (Å²) < 4.78 is 15.5. The maximum atomic E-state index is 12.2. The number of rotatable bonds is 8. The SMILES string of the molecule is COc1ccc(-c2nc(COC(=O)C(C)Sc3ccc([N+](=O)[O-])cc3)no2)cc1. The summed E-state index contributed by atoms with van der Waals surface area (Å²) in [5.74, 6) is 0.815. The first kappa shape index (κ1) is 20.3. The second-order valence-corrected chi connectivity index (χ2v) is 7.28. The number of methoxy groups -OCH3 is 1. The molecule has 0 saturated carbocycles. The van der Waals surface area contributed by atoms with Crippen LogP contribution in [0.1, 0.15) is 12.7 Å².